The molecule has 0 radical (unpaired) electrons. The molecule has 6 heteroatoms. The smallest absolute Gasteiger partial charge is 0.259 e. The summed E-state index contributed by atoms with van der Waals surface area (Å²) in [6.45, 7) is 2.23. The molecule has 138 valence electrons. The van der Waals surface area contributed by atoms with E-state index in [0.717, 1.165) is 16.8 Å². The van der Waals surface area contributed by atoms with Crippen LogP contribution in [0.5, 0.6) is 5.75 Å². The van der Waals surface area contributed by atoms with Gasteiger partial charge in [0.2, 0.25) is 5.88 Å². The van der Waals surface area contributed by atoms with Gasteiger partial charge in [-0.25, -0.2) is 0 Å². The standard InChI is InChI=1S/C22H18N4O2/c1-14-10-18-20(22(27)26(14)13-15-6-5-9-25-12-15)19(16-7-3-2-4-8-16)17(11-23)21(24)28-18/h2-10,12,19H,13,24H2,1H3/t19-/m0/s1. The van der Waals surface area contributed by atoms with E-state index in [0.29, 0.717) is 17.9 Å². The largest absolute Gasteiger partial charge is 0.440 e. The Morgan fingerprint density at radius 1 is 1.25 bits per heavy atom. The summed E-state index contributed by atoms with van der Waals surface area (Å²) in [6.07, 6.45) is 3.42. The SMILES string of the molecule is Cc1cc2c(c(=O)n1Cc1cccnc1)[C@@H](c1ccccc1)C(C#N)=C(N)O2. The molecule has 3 heterocycles. The molecule has 1 aliphatic rings. The summed E-state index contributed by atoms with van der Waals surface area (Å²) < 4.78 is 7.34. The molecule has 6 nitrogen and oxygen atoms in total. The van der Waals surface area contributed by atoms with Gasteiger partial charge in [0.05, 0.1) is 18.0 Å². The van der Waals surface area contributed by atoms with Crippen molar-refractivity contribution in [3.63, 3.8) is 0 Å². The Kier molecular flexibility index (Phi) is 4.42. The van der Waals surface area contributed by atoms with Gasteiger partial charge in [0.1, 0.15) is 17.4 Å². The first-order valence-corrected chi connectivity index (χ1v) is 8.86. The van der Waals surface area contributed by atoms with Crippen molar-refractivity contribution in [1.29, 1.82) is 5.26 Å². The number of pyridine rings is 2. The first-order valence-electron chi connectivity index (χ1n) is 8.86. The summed E-state index contributed by atoms with van der Waals surface area (Å²) in [5.74, 6) is -0.133. The van der Waals surface area contributed by atoms with Gasteiger partial charge < -0.3 is 15.0 Å². The monoisotopic (exact) mass is 370 g/mol. The van der Waals surface area contributed by atoms with Crippen molar-refractivity contribution >= 4 is 0 Å². The second-order valence-electron chi connectivity index (χ2n) is 6.65. The van der Waals surface area contributed by atoms with Crippen molar-refractivity contribution in [3.05, 3.63) is 105 Å². The number of aromatic nitrogens is 2. The molecule has 0 saturated heterocycles. The number of aryl methyl sites for hydroxylation is 1. The fraction of sp³-hybridized carbons (Fsp3) is 0.136. The van der Waals surface area contributed by atoms with Crippen LogP contribution in [0, 0.1) is 18.3 Å². The van der Waals surface area contributed by atoms with Gasteiger partial charge >= 0.3 is 0 Å². The van der Waals surface area contributed by atoms with Crippen LogP contribution in [0.3, 0.4) is 0 Å². The minimum atomic E-state index is -0.566. The molecule has 28 heavy (non-hydrogen) atoms. The molecule has 1 aromatic carbocycles. The number of hydrogen-bond acceptors (Lipinski definition) is 5. The van der Waals surface area contributed by atoms with E-state index in [9.17, 15) is 10.1 Å². The lowest BCUT2D eigenvalue weighted by Crippen LogP contribution is -2.33. The van der Waals surface area contributed by atoms with Gasteiger partial charge in [-0.3, -0.25) is 9.78 Å². The molecule has 0 bridgehead atoms. The van der Waals surface area contributed by atoms with Gasteiger partial charge in [-0.15, -0.1) is 0 Å². The molecule has 0 aliphatic carbocycles. The summed E-state index contributed by atoms with van der Waals surface area (Å²) in [6, 6.07) is 17.1. The molecule has 0 unspecified atom stereocenters. The predicted octanol–water partition coefficient (Wildman–Crippen LogP) is 2.82. The zero-order valence-corrected chi connectivity index (χ0v) is 15.3. The molecule has 3 aromatic rings. The zero-order valence-electron chi connectivity index (χ0n) is 15.3. The van der Waals surface area contributed by atoms with E-state index in [1.54, 1.807) is 23.0 Å². The number of rotatable bonds is 3. The third-order valence-electron chi connectivity index (χ3n) is 4.89. The summed E-state index contributed by atoms with van der Waals surface area (Å²) >= 11 is 0. The first kappa shape index (κ1) is 17.6. The second kappa shape index (κ2) is 7.05. The topological polar surface area (TPSA) is 93.9 Å². The van der Waals surface area contributed by atoms with Gasteiger partial charge in [-0.1, -0.05) is 36.4 Å². The Hall–Kier alpha value is -3.85. The Morgan fingerprint density at radius 2 is 2.04 bits per heavy atom. The quantitative estimate of drug-likeness (QED) is 0.765. The molecular weight excluding hydrogens is 352 g/mol. The maximum atomic E-state index is 13.5. The van der Waals surface area contributed by atoms with E-state index in [-0.39, 0.29) is 17.0 Å². The molecule has 1 aliphatic heterocycles. The maximum absolute atomic E-state index is 13.5. The van der Waals surface area contributed by atoms with Crippen molar-refractivity contribution in [2.75, 3.05) is 0 Å². The van der Waals surface area contributed by atoms with Gasteiger partial charge in [-0.2, -0.15) is 5.26 Å². The number of nitriles is 1. The van der Waals surface area contributed by atoms with E-state index < -0.39 is 5.92 Å². The van der Waals surface area contributed by atoms with Crippen LogP contribution in [0.15, 0.2) is 77.2 Å². The highest BCUT2D eigenvalue weighted by Gasteiger charge is 2.34. The van der Waals surface area contributed by atoms with Gasteiger partial charge in [0, 0.05) is 24.2 Å². The van der Waals surface area contributed by atoms with Crippen molar-refractivity contribution in [2.45, 2.75) is 19.4 Å². The molecular formula is C22H18N4O2. The number of nitrogens with zero attached hydrogens (tertiary/aromatic N) is 3. The zero-order chi connectivity index (χ0) is 19.7. The van der Waals surface area contributed by atoms with Crippen LogP contribution in [0.25, 0.3) is 0 Å². The lowest BCUT2D eigenvalue weighted by atomic mass is 9.84. The van der Waals surface area contributed by atoms with Crippen molar-refractivity contribution in [3.8, 4) is 11.8 Å². The molecule has 0 spiro atoms. The third kappa shape index (κ3) is 2.93. The predicted molar refractivity (Wildman–Crippen MR) is 105 cm³/mol. The Bertz CT molecular complexity index is 1160. The first-order chi connectivity index (χ1) is 13.6. The molecule has 2 aromatic heterocycles. The summed E-state index contributed by atoms with van der Waals surface area (Å²) in [5, 5.41) is 9.68. The van der Waals surface area contributed by atoms with Gasteiger partial charge in [-0.05, 0) is 24.1 Å². The molecule has 0 fully saturated rings. The average molecular weight is 370 g/mol. The Labute approximate surface area is 162 Å². The van der Waals surface area contributed by atoms with Crippen molar-refractivity contribution < 1.29 is 4.74 Å². The lowest BCUT2D eigenvalue weighted by molar-refractivity contribution is 0.389. The van der Waals surface area contributed by atoms with Crippen LogP contribution >= 0.6 is 0 Å². The van der Waals surface area contributed by atoms with Crippen LogP contribution in [-0.4, -0.2) is 9.55 Å². The van der Waals surface area contributed by atoms with Gasteiger partial charge in [0.25, 0.3) is 5.56 Å². The molecule has 0 saturated carbocycles. The van der Waals surface area contributed by atoms with Crippen molar-refractivity contribution in [2.24, 2.45) is 5.73 Å². The minimum absolute atomic E-state index is 0.0349. The number of benzene rings is 1. The molecule has 2 N–H and O–H groups in total. The summed E-state index contributed by atoms with van der Waals surface area (Å²) in [5.41, 5.74) is 8.95. The molecule has 1 atom stereocenters. The number of fused-ring (bicyclic) bond motifs is 1. The van der Waals surface area contributed by atoms with Crippen LogP contribution in [0.4, 0.5) is 0 Å². The maximum Gasteiger partial charge on any atom is 0.259 e. The molecule has 0 amide bonds. The highest BCUT2D eigenvalue weighted by atomic mass is 16.5. The van der Waals surface area contributed by atoms with Crippen LogP contribution < -0.4 is 16.0 Å². The average Bonchev–Trinajstić information content (AvgIpc) is 2.71. The van der Waals surface area contributed by atoms with E-state index in [1.165, 1.54) is 0 Å². The Balaban J connectivity index is 1.93. The lowest BCUT2D eigenvalue weighted by Gasteiger charge is -2.27. The fourth-order valence-electron chi connectivity index (χ4n) is 3.54. The van der Waals surface area contributed by atoms with Crippen LogP contribution in [0.2, 0.25) is 0 Å². The van der Waals surface area contributed by atoms with E-state index >= 15 is 0 Å². The highest BCUT2D eigenvalue weighted by Crippen LogP contribution is 2.40. The highest BCUT2D eigenvalue weighted by molar-refractivity contribution is 5.55. The third-order valence-corrected chi connectivity index (χ3v) is 4.89. The number of allylic oxidation sites excluding steroid dienone is 1. The summed E-state index contributed by atoms with van der Waals surface area (Å²) in [7, 11) is 0. The second-order valence-corrected chi connectivity index (χ2v) is 6.65. The fourth-order valence-corrected chi connectivity index (χ4v) is 3.54. The van der Waals surface area contributed by atoms with Crippen LogP contribution in [0.1, 0.15) is 28.3 Å². The molecule has 4 rings (SSSR count). The van der Waals surface area contributed by atoms with E-state index in [2.05, 4.69) is 11.1 Å². The van der Waals surface area contributed by atoms with E-state index in [4.69, 9.17) is 10.5 Å². The van der Waals surface area contributed by atoms with E-state index in [1.807, 2.05) is 49.4 Å². The number of ether oxygens (including phenoxy) is 1. The number of hydrogen-bond donors (Lipinski definition) is 1. The Morgan fingerprint density at radius 3 is 2.71 bits per heavy atom. The van der Waals surface area contributed by atoms with Crippen LogP contribution in [-0.2, 0) is 6.54 Å². The minimum Gasteiger partial charge on any atom is -0.440 e. The number of nitrogens with two attached hydrogens (primary N) is 1. The summed E-state index contributed by atoms with van der Waals surface area (Å²) in [4.78, 5) is 17.6. The van der Waals surface area contributed by atoms with Gasteiger partial charge in [0.15, 0.2) is 0 Å². The normalized spacial score (nSPS) is 15.5. The van der Waals surface area contributed by atoms with Crippen molar-refractivity contribution in [1.82, 2.24) is 9.55 Å².